The first-order valence-electron chi connectivity index (χ1n) is 5.81. The molecule has 0 bridgehead atoms. The molecule has 0 amide bonds. The second-order valence-electron chi connectivity index (χ2n) is 4.08. The maximum atomic E-state index is 10.7. The third-order valence-corrected chi connectivity index (χ3v) is 2.66. The van der Waals surface area contributed by atoms with Crippen LogP contribution in [0.3, 0.4) is 0 Å². The van der Waals surface area contributed by atoms with Gasteiger partial charge in [0, 0.05) is 6.08 Å². The minimum Gasteiger partial charge on any atom is -0.460 e. The fourth-order valence-corrected chi connectivity index (χ4v) is 1.76. The number of aliphatic hydroxyl groups is 1. The lowest BCUT2D eigenvalue weighted by molar-refractivity contribution is -0.142. The fraction of sp³-hybridized carbons (Fsp3) is 0.750. The van der Waals surface area contributed by atoms with E-state index in [4.69, 9.17) is 9.47 Å². The number of rotatable bonds is 6. The van der Waals surface area contributed by atoms with Gasteiger partial charge in [-0.3, -0.25) is 0 Å². The van der Waals surface area contributed by atoms with E-state index in [0.717, 1.165) is 18.9 Å². The molecule has 0 radical (unpaired) electrons. The molecule has 1 rings (SSSR count). The molecule has 0 heterocycles. The molecule has 1 aliphatic carbocycles. The SMILES string of the molecule is C=CC(=O)OCC(O)COC1CCCCC1. The van der Waals surface area contributed by atoms with Crippen molar-refractivity contribution in [2.45, 2.75) is 44.3 Å². The summed E-state index contributed by atoms with van der Waals surface area (Å²) in [4.78, 5) is 10.7. The molecule has 16 heavy (non-hydrogen) atoms. The zero-order chi connectivity index (χ0) is 11.8. The van der Waals surface area contributed by atoms with Crippen molar-refractivity contribution in [2.24, 2.45) is 0 Å². The van der Waals surface area contributed by atoms with Crippen LogP contribution in [0.1, 0.15) is 32.1 Å². The van der Waals surface area contributed by atoms with Crippen molar-refractivity contribution in [1.82, 2.24) is 0 Å². The van der Waals surface area contributed by atoms with E-state index in [2.05, 4.69) is 6.58 Å². The van der Waals surface area contributed by atoms with E-state index < -0.39 is 12.1 Å². The molecule has 0 aromatic rings. The summed E-state index contributed by atoms with van der Waals surface area (Å²) in [7, 11) is 0. The lowest BCUT2D eigenvalue weighted by Crippen LogP contribution is -2.27. The van der Waals surface area contributed by atoms with Crippen LogP contribution in [0.2, 0.25) is 0 Å². The zero-order valence-corrected chi connectivity index (χ0v) is 9.56. The van der Waals surface area contributed by atoms with Crippen molar-refractivity contribution in [3.8, 4) is 0 Å². The van der Waals surface area contributed by atoms with Gasteiger partial charge in [0.25, 0.3) is 0 Å². The number of carbonyl (C=O) groups is 1. The highest BCUT2D eigenvalue weighted by atomic mass is 16.5. The Morgan fingerprint density at radius 1 is 1.38 bits per heavy atom. The van der Waals surface area contributed by atoms with E-state index in [1.165, 1.54) is 19.3 Å². The summed E-state index contributed by atoms with van der Waals surface area (Å²) in [5.74, 6) is -0.517. The van der Waals surface area contributed by atoms with Crippen molar-refractivity contribution in [1.29, 1.82) is 0 Å². The van der Waals surface area contributed by atoms with Crippen LogP contribution >= 0.6 is 0 Å². The molecule has 1 saturated carbocycles. The topological polar surface area (TPSA) is 55.8 Å². The predicted molar refractivity (Wildman–Crippen MR) is 60.0 cm³/mol. The fourth-order valence-electron chi connectivity index (χ4n) is 1.76. The average Bonchev–Trinajstić information content (AvgIpc) is 2.34. The molecule has 1 fully saturated rings. The summed E-state index contributed by atoms with van der Waals surface area (Å²) in [6, 6.07) is 0. The largest absolute Gasteiger partial charge is 0.460 e. The van der Waals surface area contributed by atoms with Gasteiger partial charge in [-0.25, -0.2) is 4.79 Å². The standard InChI is InChI=1S/C12H20O4/c1-2-12(14)16-9-10(13)8-15-11-6-4-3-5-7-11/h2,10-11,13H,1,3-9H2. The average molecular weight is 228 g/mol. The van der Waals surface area contributed by atoms with Crippen molar-refractivity contribution < 1.29 is 19.4 Å². The van der Waals surface area contributed by atoms with Crippen molar-refractivity contribution in [2.75, 3.05) is 13.2 Å². The molecule has 4 nitrogen and oxygen atoms in total. The minimum atomic E-state index is -0.745. The molecule has 1 atom stereocenters. The van der Waals surface area contributed by atoms with Gasteiger partial charge in [-0.2, -0.15) is 0 Å². The second kappa shape index (κ2) is 7.41. The first kappa shape index (κ1) is 13.2. The Kier molecular flexibility index (Phi) is 6.11. The van der Waals surface area contributed by atoms with E-state index in [1.807, 2.05) is 0 Å². The lowest BCUT2D eigenvalue weighted by atomic mass is 9.98. The van der Waals surface area contributed by atoms with Gasteiger partial charge >= 0.3 is 5.97 Å². The van der Waals surface area contributed by atoms with Crippen LogP contribution in [-0.4, -0.2) is 36.5 Å². The molecule has 0 aromatic heterocycles. The van der Waals surface area contributed by atoms with Gasteiger partial charge in [-0.05, 0) is 12.8 Å². The Bertz CT molecular complexity index is 221. The molecule has 0 aromatic carbocycles. The smallest absolute Gasteiger partial charge is 0.330 e. The van der Waals surface area contributed by atoms with Gasteiger partial charge < -0.3 is 14.6 Å². The van der Waals surface area contributed by atoms with E-state index >= 15 is 0 Å². The molecule has 4 heteroatoms. The summed E-state index contributed by atoms with van der Waals surface area (Å²) in [5.41, 5.74) is 0. The molecule has 1 aliphatic rings. The summed E-state index contributed by atoms with van der Waals surface area (Å²) in [6.45, 7) is 3.47. The first-order valence-corrected chi connectivity index (χ1v) is 5.81. The molecule has 0 spiro atoms. The van der Waals surface area contributed by atoms with E-state index in [9.17, 15) is 9.90 Å². The van der Waals surface area contributed by atoms with Crippen LogP contribution in [0.4, 0.5) is 0 Å². The van der Waals surface area contributed by atoms with E-state index in [1.54, 1.807) is 0 Å². The van der Waals surface area contributed by atoms with Gasteiger partial charge in [0.05, 0.1) is 12.7 Å². The van der Waals surface area contributed by atoms with E-state index in [0.29, 0.717) is 0 Å². The quantitative estimate of drug-likeness (QED) is 0.552. The normalized spacial score (nSPS) is 19.1. The van der Waals surface area contributed by atoms with Crippen LogP contribution in [0.25, 0.3) is 0 Å². The molecule has 92 valence electrons. The van der Waals surface area contributed by atoms with Gasteiger partial charge in [-0.15, -0.1) is 0 Å². The van der Waals surface area contributed by atoms with Crippen molar-refractivity contribution >= 4 is 5.97 Å². The van der Waals surface area contributed by atoms with E-state index in [-0.39, 0.29) is 19.3 Å². The molecule has 1 unspecified atom stereocenters. The maximum Gasteiger partial charge on any atom is 0.330 e. The third kappa shape index (κ3) is 5.28. The highest BCUT2D eigenvalue weighted by Crippen LogP contribution is 2.20. The highest BCUT2D eigenvalue weighted by molar-refractivity contribution is 5.81. The zero-order valence-electron chi connectivity index (χ0n) is 9.56. The maximum absolute atomic E-state index is 10.7. The van der Waals surface area contributed by atoms with Crippen molar-refractivity contribution in [3.63, 3.8) is 0 Å². The predicted octanol–water partition coefficient (Wildman–Crippen LogP) is 1.43. The van der Waals surface area contributed by atoms with Crippen LogP contribution in [0.15, 0.2) is 12.7 Å². The lowest BCUT2D eigenvalue weighted by Gasteiger charge is -2.23. The number of carbonyl (C=O) groups excluding carboxylic acids is 1. The van der Waals surface area contributed by atoms with Crippen LogP contribution in [-0.2, 0) is 14.3 Å². The summed E-state index contributed by atoms with van der Waals surface area (Å²) in [6.07, 6.45) is 6.41. The van der Waals surface area contributed by atoms with Gasteiger partial charge in [0.2, 0.25) is 0 Å². The van der Waals surface area contributed by atoms with Crippen LogP contribution < -0.4 is 0 Å². The molecule has 0 saturated heterocycles. The van der Waals surface area contributed by atoms with Gasteiger partial charge in [-0.1, -0.05) is 25.8 Å². The summed E-state index contributed by atoms with van der Waals surface area (Å²) in [5, 5.41) is 9.49. The summed E-state index contributed by atoms with van der Waals surface area (Å²) < 4.78 is 10.2. The third-order valence-electron chi connectivity index (χ3n) is 2.66. The Hall–Kier alpha value is -0.870. The monoisotopic (exact) mass is 228 g/mol. The number of hydrogen-bond acceptors (Lipinski definition) is 4. The number of esters is 1. The van der Waals surface area contributed by atoms with Crippen LogP contribution in [0, 0.1) is 0 Å². The van der Waals surface area contributed by atoms with Gasteiger partial charge in [0.15, 0.2) is 0 Å². The number of hydrogen-bond donors (Lipinski definition) is 1. The molecular formula is C12H20O4. The summed E-state index contributed by atoms with van der Waals surface area (Å²) >= 11 is 0. The number of aliphatic hydroxyl groups excluding tert-OH is 1. The highest BCUT2D eigenvalue weighted by Gasteiger charge is 2.15. The molecule has 0 aliphatic heterocycles. The van der Waals surface area contributed by atoms with Crippen molar-refractivity contribution in [3.05, 3.63) is 12.7 Å². The Morgan fingerprint density at radius 2 is 2.06 bits per heavy atom. The molecular weight excluding hydrogens is 208 g/mol. The first-order chi connectivity index (χ1) is 7.72. The van der Waals surface area contributed by atoms with Crippen LogP contribution in [0.5, 0.6) is 0 Å². The minimum absolute atomic E-state index is 0.0302. The van der Waals surface area contributed by atoms with Gasteiger partial charge in [0.1, 0.15) is 12.7 Å². The molecule has 1 N–H and O–H groups in total. The second-order valence-corrected chi connectivity index (χ2v) is 4.08. The Balaban J connectivity index is 2.06. The Morgan fingerprint density at radius 3 is 2.69 bits per heavy atom. The Labute approximate surface area is 96.2 Å². The number of ether oxygens (including phenoxy) is 2.